The number of nitrogens with one attached hydrogen (secondary N) is 1. The van der Waals surface area contributed by atoms with Gasteiger partial charge in [-0.2, -0.15) is 0 Å². The molecule has 0 unspecified atom stereocenters. The number of amides is 1. The number of rotatable bonds is 4. The molecule has 1 N–H and O–H groups in total. The SMILES string of the molecule is CCS(=O)(=O)N1C[C@H](C(=O)Nc2ccccc2Br)Oc2ccccc21. The zero-order chi connectivity index (χ0) is 18.0. The standard InChI is InChI=1S/C17H17BrN2O4S/c1-2-25(22,23)20-11-16(24-15-10-6-5-9-14(15)20)17(21)19-13-8-4-3-7-12(13)18/h3-10,16H,2,11H2,1H3,(H,19,21)/t16-/m1/s1. The second-order valence-electron chi connectivity index (χ2n) is 5.47. The molecule has 1 aliphatic heterocycles. The number of hydrogen-bond acceptors (Lipinski definition) is 4. The van der Waals surface area contributed by atoms with Crippen LogP contribution in [-0.4, -0.2) is 32.7 Å². The molecule has 2 aromatic rings. The lowest BCUT2D eigenvalue weighted by molar-refractivity contribution is -0.122. The van der Waals surface area contributed by atoms with Gasteiger partial charge in [0.2, 0.25) is 10.0 Å². The molecule has 0 radical (unpaired) electrons. The quantitative estimate of drug-likeness (QED) is 0.818. The van der Waals surface area contributed by atoms with Gasteiger partial charge < -0.3 is 10.1 Å². The zero-order valence-electron chi connectivity index (χ0n) is 13.5. The predicted octanol–water partition coefficient (Wildman–Crippen LogP) is 3.00. The molecule has 1 heterocycles. The molecule has 1 atom stereocenters. The largest absolute Gasteiger partial charge is 0.476 e. The van der Waals surface area contributed by atoms with E-state index in [1.165, 1.54) is 4.31 Å². The van der Waals surface area contributed by atoms with Gasteiger partial charge in [-0.1, -0.05) is 24.3 Å². The van der Waals surface area contributed by atoms with Crippen molar-refractivity contribution in [2.45, 2.75) is 13.0 Å². The lowest BCUT2D eigenvalue weighted by Gasteiger charge is -2.34. The highest BCUT2D eigenvalue weighted by Gasteiger charge is 2.36. The van der Waals surface area contributed by atoms with Gasteiger partial charge in [0.15, 0.2) is 6.10 Å². The second kappa shape index (κ2) is 7.05. The average molecular weight is 425 g/mol. The van der Waals surface area contributed by atoms with Gasteiger partial charge in [0.05, 0.1) is 23.7 Å². The Labute approximate surface area is 155 Å². The summed E-state index contributed by atoms with van der Waals surface area (Å²) in [6, 6.07) is 14.0. The number of para-hydroxylation sites is 3. The highest BCUT2D eigenvalue weighted by Crippen LogP contribution is 2.35. The van der Waals surface area contributed by atoms with Crippen molar-refractivity contribution in [3.63, 3.8) is 0 Å². The Balaban J connectivity index is 1.89. The van der Waals surface area contributed by atoms with Crippen molar-refractivity contribution in [1.29, 1.82) is 0 Å². The fraction of sp³-hybridized carbons (Fsp3) is 0.235. The molecule has 0 saturated carbocycles. The predicted molar refractivity (Wildman–Crippen MR) is 100 cm³/mol. The Hall–Kier alpha value is -2.06. The van der Waals surface area contributed by atoms with Crippen LogP contribution < -0.4 is 14.4 Å². The maximum absolute atomic E-state index is 12.6. The highest BCUT2D eigenvalue weighted by atomic mass is 79.9. The van der Waals surface area contributed by atoms with Crippen LogP contribution in [0.5, 0.6) is 5.75 Å². The number of sulfonamides is 1. The number of carbonyl (C=O) groups excluding carboxylic acids is 1. The summed E-state index contributed by atoms with van der Waals surface area (Å²) in [5.41, 5.74) is 1.05. The lowest BCUT2D eigenvalue weighted by Crippen LogP contribution is -2.49. The Morgan fingerprint density at radius 1 is 1.24 bits per heavy atom. The number of fused-ring (bicyclic) bond motifs is 1. The van der Waals surface area contributed by atoms with E-state index in [0.29, 0.717) is 17.1 Å². The van der Waals surface area contributed by atoms with Gasteiger partial charge in [0.25, 0.3) is 5.91 Å². The molecule has 132 valence electrons. The first-order chi connectivity index (χ1) is 11.9. The summed E-state index contributed by atoms with van der Waals surface area (Å²) in [5.74, 6) is -0.0874. The van der Waals surface area contributed by atoms with Crippen LogP contribution >= 0.6 is 15.9 Å². The van der Waals surface area contributed by atoms with Crippen LogP contribution in [0.15, 0.2) is 53.0 Å². The van der Waals surface area contributed by atoms with E-state index in [4.69, 9.17) is 4.74 Å². The van der Waals surface area contributed by atoms with Crippen molar-refractivity contribution >= 4 is 43.2 Å². The minimum atomic E-state index is -3.52. The number of benzene rings is 2. The summed E-state index contributed by atoms with van der Waals surface area (Å²) in [6.45, 7) is 1.51. The Kier molecular flexibility index (Phi) is 5.01. The van der Waals surface area contributed by atoms with Gasteiger partial charge in [0, 0.05) is 4.47 Å². The Morgan fingerprint density at radius 3 is 2.64 bits per heavy atom. The van der Waals surface area contributed by atoms with E-state index in [-0.39, 0.29) is 12.3 Å². The third kappa shape index (κ3) is 3.64. The van der Waals surface area contributed by atoms with E-state index in [0.717, 1.165) is 4.47 Å². The highest BCUT2D eigenvalue weighted by molar-refractivity contribution is 9.10. The van der Waals surface area contributed by atoms with Gasteiger partial charge in [-0.25, -0.2) is 8.42 Å². The van der Waals surface area contributed by atoms with Crippen molar-refractivity contribution in [3.8, 4) is 5.75 Å². The normalized spacial score (nSPS) is 16.7. The van der Waals surface area contributed by atoms with Crippen LogP contribution in [0, 0.1) is 0 Å². The summed E-state index contributed by atoms with van der Waals surface area (Å²) in [7, 11) is -3.52. The third-order valence-electron chi connectivity index (χ3n) is 3.86. The van der Waals surface area contributed by atoms with Crippen LogP contribution in [0.25, 0.3) is 0 Å². The molecule has 2 aromatic carbocycles. The molecule has 0 saturated heterocycles. The molecule has 0 spiro atoms. The minimum absolute atomic E-state index is 0.0556. The smallest absolute Gasteiger partial charge is 0.267 e. The monoisotopic (exact) mass is 424 g/mol. The number of anilines is 2. The second-order valence-corrected chi connectivity index (χ2v) is 8.51. The van der Waals surface area contributed by atoms with Crippen molar-refractivity contribution in [2.75, 3.05) is 21.9 Å². The number of halogens is 1. The van der Waals surface area contributed by atoms with Gasteiger partial charge in [-0.15, -0.1) is 0 Å². The van der Waals surface area contributed by atoms with Crippen molar-refractivity contribution < 1.29 is 17.9 Å². The minimum Gasteiger partial charge on any atom is -0.476 e. The van der Waals surface area contributed by atoms with Gasteiger partial charge in [0.1, 0.15) is 5.75 Å². The molecule has 0 bridgehead atoms. The number of carbonyl (C=O) groups is 1. The summed E-state index contributed by atoms with van der Waals surface area (Å²) in [4.78, 5) is 12.6. The molecule has 3 rings (SSSR count). The molecule has 1 amide bonds. The molecule has 6 nitrogen and oxygen atoms in total. The number of ether oxygens (including phenoxy) is 1. The summed E-state index contributed by atoms with van der Waals surface area (Å²) in [5, 5.41) is 2.77. The van der Waals surface area contributed by atoms with Crippen LogP contribution in [0.3, 0.4) is 0 Å². The summed E-state index contributed by atoms with van der Waals surface area (Å²) in [6.07, 6.45) is -0.941. The molecule has 1 aliphatic rings. The molecule has 0 aliphatic carbocycles. The Morgan fingerprint density at radius 2 is 1.92 bits per heavy atom. The molecular formula is C17H17BrN2O4S. The first kappa shape index (κ1) is 17.8. The van der Waals surface area contributed by atoms with Crippen LogP contribution in [0.2, 0.25) is 0 Å². The first-order valence-electron chi connectivity index (χ1n) is 7.74. The van der Waals surface area contributed by atoms with Crippen LogP contribution in [0.1, 0.15) is 6.92 Å². The number of hydrogen-bond donors (Lipinski definition) is 1. The van der Waals surface area contributed by atoms with Crippen LogP contribution in [-0.2, 0) is 14.8 Å². The van der Waals surface area contributed by atoms with Gasteiger partial charge in [-0.05, 0) is 47.1 Å². The Bertz CT molecular complexity index is 901. The summed E-state index contributed by atoms with van der Waals surface area (Å²) < 4.78 is 32.6. The first-order valence-corrected chi connectivity index (χ1v) is 10.1. The van der Waals surface area contributed by atoms with E-state index in [2.05, 4.69) is 21.2 Å². The maximum atomic E-state index is 12.6. The van der Waals surface area contributed by atoms with E-state index >= 15 is 0 Å². The van der Waals surface area contributed by atoms with E-state index in [1.807, 2.05) is 6.07 Å². The average Bonchev–Trinajstić information content (AvgIpc) is 2.62. The molecule has 0 fully saturated rings. The van der Waals surface area contributed by atoms with E-state index < -0.39 is 22.0 Å². The summed E-state index contributed by atoms with van der Waals surface area (Å²) >= 11 is 3.37. The van der Waals surface area contributed by atoms with Crippen molar-refractivity contribution in [3.05, 3.63) is 53.0 Å². The zero-order valence-corrected chi connectivity index (χ0v) is 15.9. The fourth-order valence-electron chi connectivity index (χ4n) is 2.53. The molecule has 0 aromatic heterocycles. The maximum Gasteiger partial charge on any atom is 0.267 e. The van der Waals surface area contributed by atoms with Gasteiger partial charge in [-0.3, -0.25) is 9.10 Å². The molecule has 25 heavy (non-hydrogen) atoms. The number of nitrogens with zero attached hydrogens (tertiary/aromatic N) is 1. The van der Waals surface area contributed by atoms with Crippen LogP contribution in [0.4, 0.5) is 11.4 Å². The van der Waals surface area contributed by atoms with E-state index in [9.17, 15) is 13.2 Å². The van der Waals surface area contributed by atoms with Crippen molar-refractivity contribution in [1.82, 2.24) is 0 Å². The molecule has 8 heteroatoms. The van der Waals surface area contributed by atoms with Gasteiger partial charge >= 0.3 is 0 Å². The third-order valence-corrected chi connectivity index (χ3v) is 6.30. The van der Waals surface area contributed by atoms with E-state index in [1.54, 1.807) is 49.4 Å². The lowest BCUT2D eigenvalue weighted by atomic mass is 10.2. The van der Waals surface area contributed by atoms with Crippen molar-refractivity contribution in [2.24, 2.45) is 0 Å². The molecular weight excluding hydrogens is 408 g/mol. The fourth-order valence-corrected chi connectivity index (χ4v) is 4.04. The topological polar surface area (TPSA) is 75.7 Å².